The monoisotopic (exact) mass is 187 g/mol. The molecule has 0 aromatic carbocycles. The van der Waals surface area contributed by atoms with Gasteiger partial charge in [0, 0.05) is 25.7 Å². The van der Waals surface area contributed by atoms with E-state index < -0.39 is 0 Å². The van der Waals surface area contributed by atoms with E-state index in [-0.39, 0.29) is 0 Å². The molecule has 0 aliphatic heterocycles. The third kappa shape index (κ3) is 6.05. The van der Waals surface area contributed by atoms with Crippen LogP contribution in [0.25, 0.3) is 0 Å². The van der Waals surface area contributed by atoms with Crippen molar-refractivity contribution in [2.45, 2.75) is 46.6 Å². The zero-order chi connectivity index (χ0) is 10.3. The fourth-order valence-corrected chi connectivity index (χ4v) is 1.36. The molecule has 1 unspecified atom stereocenters. The van der Waals surface area contributed by atoms with Crippen LogP contribution in [0.3, 0.4) is 0 Å². The van der Waals surface area contributed by atoms with Gasteiger partial charge in [-0.15, -0.1) is 0 Å². The summed E-state index contributed by atoms with van der Waals surface area (Å²) >= 11 is 0. The van der Waals surface area contributed by atoms with Crippen molar-refractivity contribution in [3.8, 4) is 0 Å². The molecule has 0 radical (unpaired) electrons. The maximum Gasteiger partial charge on any atom is 0.0443 e. The summed E-state index contributed by atoms with van der Waals surface area (Å²) in [6, 6.07) is 0.598. The zero-order valence-electron chi connectivity index (χ0n) is 9.58. The highest BCUT2D eigenvalue weighted by atomic mass is 16.3. The summed E-state index contributed by atoms with van der Waals surface area (Å²) in [5.41, 5.74) is 0. The van der Waals surface area contributed by atoms with Crippen molar-refractivity contribution in [2.75, 3.05) is 19.7 Å². The molecule has 1 atom stereocenters. The number of aliphatic hydroxyl groups is 1. The standard InChI is InChI=1S/C11H25NO/c1-5-11(4)9-12(10(2)3)7-6-8-13/h10-11,13H,5-9H2,1-4H3. The third-order valence-corrected chi connectivity index (χ3v) is 2.58. The highest BCUT2D eigenvalue weighted by molar-refractivity contribution is 4.65. The van der Waals surface area contributed by atoms with Gasteiger partial charge in [-0.2, -0.15) is 0 Å². The smallest absolute Gasteiger partial charge is 0.0443 e. The van der Waals surface area contributed by atoms with Crippen LogP contribution in [-0.4, -0.2) is 35.7 Å². The summed E-state index contributed by atoms with van der Waals surface area (Å²) in [7, 11) is 0. The van der Waals surface area contributed by atoms with Crippen LogP contribution in [0.2, 0.25) is 0 Å². The van der Waals surface area contributed by atoms with Gasteiger partial charge in [-0.1, -0.05) is 20.3 Å². The van der Waals surface area contributed by atoms with E-state index in [1.54, 1.807) is 0 Å². The number of nitrogens with zero attached hydrogens (tertiary/aromatic N) is 1. The van der Waals surface area contributed by atoms with Crippen LogP contribution in [0.15, 0.2) is 0 Å². The molecule has 2 heteroatoms. The van der Waals surface area contributed by atoms with Crippen LogP contribution >= 0.6 is 0 Å². The normalized spacial score (nSPS) is 14.1. The van der Waals surface area contributed by atoms with E-state index >= 15 is 0 Å². The minimum Gasteiger partial charge on any atom is -0.396 e. The molecule has 0 aliphatic rings. The molecule has 2 nitrogen and oxygen atoms in total. The molecular weight excluding hydrogens is 162 g/mol. The van der Waals surface area contributed by atoms with Gasteiger partial charge in [0.2, 0.25) is 0 Å². The van der Waals surface area contributed by atoms with E-state index in [1.165, 1.54) is 6.42 Å². The topological polar surface area (TPSA) is 23.5 Å². The van der Waals surface area contributed by atoms with Gasteiger partial charge in [-0.3, -0.25) is 0 Å². The van der Waals surface area contributed by atoms with Gasteiger partial charge in [0.1, 0.15) is 0 Å². The molecule has 0 aromatic rings. The third-order valence-electron chi connectivity index (χ3n) is 2.58. The molecular formula is C11H25NO. The van der Waals surface area contributed by atoms with E-state index in [0.717, 1.165) is 25.4 Å². The van der Waals surface area contributed by atoms with Gasteiger partial charge in [-0.05, 0) is 26.2 Å². The molecule has 0 spiro atoms. The fourth-order valence-electron chi connectivity index (χ4n) is 1.36. The summed E-state index contributed by atoms with van der Waals surface area (Å²) in [6.45, 7) is 11.5. The number of hydrogen-bond donors (Lipinski definition) is 1. The van der Waals surface area contributed by atoms with Crippen LogP contribution < -0.4 is 0 Å². The summed E-state index contributed by atoms with van der Waals surface area (Å²) < 4.78 is 0. The predicted molar refractivity (Wildman–Crippen MR) is 57.9 cm³/mol. The van der Waals surface area contributed by atoms with Gasteiger partial charge < -0.3 is 10.0 Å². The quantitative estimate of drug-likeness (QED) is 0.660. The van der Waals surface area contributed by atoms with Crippen LogP contribution in [0.5, 0.6) is 0 Å². The molecule has 0 amide bonds. The lowest BCUT2D eigenvalue weighted by Gasteiger charge is -2.28. The van der Waals surface area contributed by atoms with Crippen LogP contribution in [0, 0.1) is 5.92 Å². The van der Waals surface area contributed by atoms with E-state index in [4.69, 9.17) is 5.11 Å². The molecule has 0 bridgehead atoms. The Hall–Kier alpha value is -0.0800. The van der Waals surface area contributed by atoms with E-state index in [9.17, 15) is 0 Å². The molecule has 0 aromatic heterocycles. The Morgan fingerprint density at radius 2 is 1.85 bits per heavy atom. The van der Waals surface area contributed by atoms with Gasteiger partial charge in [-0.25, -0.2) is 0 Å². The molecule has 0 fully saturated rings. The molecule has 0 rings (SSSR count). The Morgan fingerprint density at radius 1 is 1.23 bits per heavy atom. The largest absolute Gasteiger partial charge is 0.396 e. The SMILES string of the molecule is CCC(C)CN(CCCO)C(C)C. The highest BCUT2D eigenvalue weighted by Crippen LogP contribution is 2.08. The Balaban J connectivity index is 3.79. The lowest BCUT2D eigenvalue weighted by molar-refractivity contribution is 0.169. The van der Waals surface area contributed by atoms with Crippen molar-refractivity contribution < 1.29 is 5.11 Å². The molecule has 0 aliphatic carbocycles. The highest BCUT2D eigenvalue weighted by Gasteiger charge is 2.11. The number of rotatable bonds is 7. The Bertz CT molecular complexity index is 115. The van der Waals surface area contributed by atoms with Crippen LogP contribution in [0.1, 0.15) is 40.5 Å². The van der Waals surface area contributed by atoms with Crippen molar-refractivity contribution >= 4 is 0 Å². The lowest BCUT2D eigenvalue weighted by atomic mass is 10.1. The fraction of sp³-hybridized carbons (Fsp3) is 1.00. The maximum absolute atomic E-state index is 8.76. The van der Waals surface area contributed by atoms with Gasteiger partial charge in [0.05, 0.1) is 0 Å². The predicted octanol–water partition coefficient (Wildman–Crippen LogP) is 2.13. The Morgan fingerprint density at radius 3 is 2.23 bits per heavy atom. The van der Waals surface area contributed by atoms with Crippen molar-refractivity contribution in [2.24, 2.45) is 5.92 Å². The second kappa shape index (κ2) is 7.34. The average molecular weight is 187 g/mol. The maximum atomic E-state index is 8.76. The molecule has 80 valence electrons. The van der Waals surface area contributed by atoms with Crippen molar-refractivity contribution in [1.82, 2.24) is 4.90 Å². The van der Waals surface area contributed by atoms with Crippen LogP contribution in [-0.2, 0) is 0 Å². The lowest BCUT2D eigenvalue weighted by Crippen LogP contribution is -2.35. The molecule has 1 N–H and O–H groups in total. The van der Waals surface area contributed by atoms with E-state index in [0.29, 0.717) is 12.6 Å². The summed E-state index contributed by atoms with van der Waals surface area (Å²) in [6.07, 6.45) is 2.14. The Kier molecular flexibility index (Phi) is 7.29. The number of hydrogen-bond acceptors (Lipinski definition) is 2. The molecule has 0 saturated heterocycles. The second-order valence-electron chi connectivity index (χ2n) is 4.18. The summed E-state index contributed by atoms with van der Waals surface area (Å²) in [5, 5.41) is 8.76. The second-order valence-corrected chi connectivity index (χ2v) is 4.18. The average Bonchev–Trinajstić information content (AvgIpc) is 2.11. The first-order valence-corrected chi connectivity index (χ1v) is 5.46. The van der Waals surface area contributed by atoms with Crippen molar-refractivity contribution in [1.29, 1.82) is 0 Å². The first kappa shape index (κ1) is 12.9. The molecule has 13 heavy (non-hydrogen) atoms. The number of aliphatic hydroxyl groups excluding tert-OH is 1. The van der Waals surface area contributed by atoms with Crippen molar-refractivity contribution in [3.05, 3.63) is 0 Å². The molecule has 0 saturated carbocycles. The minimum absolute atomic E-state index is 0.309. The summed E-state index contributed by atoms with van der Waals surface area (Å²) in [5.74, 6) is 0.765. The van der Waals surface area contributed by atoms with Gasteiger partial charge in [0.15, 0.2) is 0 Å². The van der Waals surface area contributed by atoms with E-state index in [1.807, 2.05) is 0 Å². The minimum atomic E-state index is 0.309. The molecule has 0 heterocycles. The van der Waals surface area contributed by atoms with Crippen LogP contribution in [0.4, 0.5) is 0 Å². The Labute approximate surface area is 82.9 Å². The first-order valence-electron chi connectivity index (χ1n) is 5.46. The van der Waals surface area contributed by atoms with Crippen molar-refractivity contribution in [3.63, 3.8) is 0 Å². The first-order chi connectivity index (χ1) is 6.11. The van der Waals surface area contributed by atoms with Gasteiger partial charge >= 0.3 is 0 Å². The van der Waals surface area contributed by atoms with Gasteiger partial charge in [0.25, 0.3) is 0 Å². The zero-order valence-corrected chi connectivity index (χ0v) is 9.58. The van der Waals surface area contributed by atoms with E-state index in [2.05, 4.69) is 32.6 Å². The summed E-state index contributed by atoms with van der Waals surface area (Å²) in [4.78, 5) is 2.45.